The summed E-state index contributed by atoms with van der Waals surface area (Å²) >= 11 is 5.98. The van der Waals surface area contributed by atoms with Crippen molar-refractivity contribution in [2.75, 3.05) is 0 Å². The average Bonchev–Trinajstić information content (AvgIpc) is 2.62. The van der Waals surface area contributed by atoms with E-state index >= 15 is 0 Å². The molecule has 0 aliphatic carbocycles. The number of aromatic nitrogens is 2. The summed E-state index contributed by atoms with van der Waals surface area (Å²) in [5, 5.41) is 10.3. The maximum Gasteiger partial charge on any atom is 0.390 e. The second kappa shape index (κ2) is 7.58. The van der Waals surface area contributed by atoms with E-state index in [-0.39, 0.29) is 12.3 Å². The summed E-state index contributed by atoms with van der Waals surface area (Å²) < 4.78 is 11.4. The van der Waals surface area contributed by atoms with E-state index in [0.29, 0.717) is 28.2 Å². The van der Waals surface area contributed by atoms with Crippen LogP contribution in [0, 0.1) is 0 Å². The highest BCUT2D eigenvalue weighted by Gasteiger charge is 2.44. The SMILES string of the molecule is CCCC(Oc1ccccc1)(Oc1cnc2ccc(Cl)cc2n1)C(=O)O. The summed E-state index contributed by atoms with van der Waals surface area (Å²) in [4.78, 5) is 20.6. The van der Waals surface area contributed by atoms with Crippen LogP contribution in [0.15, 0.2) is 54.7 Å². The standard InChI is InChI=1S/C19H17ClN2O4/c1-2-10-19(18(23)24,25-14-6-4-3-5-7-14)26-17-12-21-15-9-8-13(20)11-16(15)22-17/h3-9,11-12H,2,10H2,1H3,(H,23,24). The molecule has 0 fully saturated rings. The lowest BCUT2D eigenvalue weighted by atomic mass is 10.1. The maximum atomic E-state index is 12.0. The average molecular weight is 373 g/mol. The van der Waals surface area contributed by atoms with Gasteiger partial charge in [-0.1, -0.05) is 36.7 Å². The van der Waals surface area contributed by atoms with Gasteiger partial charge in [0, 0.05) is 11.4 Å². The molecule has 1 N–H and O–H groups in total. The van der Waals surface area contributed by atoms with E-state index in [4.69, 9.17) is 21.1 Å². The number of hydrogen-bond donors (Lipinski definition) is 1. The summed E-state index contributed by atoms with van der Waals surface area (Å²) in [7, 11) is 0. The molecule has 0 saturated carbocycles. The molecule has 1 unspecified atom stereocenters. The molecule has 3 aromatic rings. The number of fused-ring (bicyclic) bond motifs is 1. The molecule has 0 bridgehead atoms. The zero-order valence-electron chi connectivity index (χ0n) is 14.1. The highest BCUT2D eigenvalue weighted by atomic mass is 35.5. The second-order valence-electron chi connectivity index (χ2n) is 5.67. The van der Waals surface area contributed by atoms with E-state index in [0.717, 1.165) is 0 Å². The van der Waals surface area contributed by atoms with Crippen molar-refractivity contribution in [1.29, 1.82) is 0 Å². The quantitative estimate of drug-likeness (QED) is 0.622. The molecule has 1 aromatic heterocycles. The molecule has 6 nitrogen and oxygen atoms in total. The Hall–Kier alpha value is -2.86. The first-order valence-electron chi connectivity index (χ1n) is 8.11. The van der Waals surface area contributed by atoms with Crippen LogP contribution in [0.1, 0.15) is 19.8 Å². The Bertz CT molecular complexity index is 920. The fraction of sp³-hybridized carbons (Fsp3) is 0.211. The molecular formula is C19H17ClN2O4. The largest absolute Gasteiger partial charge is 0.475 e. The van der Waals surface area contributed by atoms with Gasteiger partial charge in [0.05, 0.1) is 17.2 Å². The van der Waals surface area contributed by atoms with Crippen LogP contribution in [0.25, 0.3) is 11.0 Å². The number of benzene rings is 2. The van der Waals surface area contributed by atoms with Crippen LogP contribution in [0.4, 0.5) is 0 Å². The molecule has 0 aliphatic rings. The normalized spacial score (nSPS) is 13.2. The summed E-state index contributed by atoms with van der Waals surface area (Å²) in [6, 6.07) is 13.7. The summed E-state index contributed by atoms with van der Waals surface area (Å²) in [6.07, 6.45) is 2.04. The molecule has 0 saturated heterocycles. The van der Waals surface area contributed by atoms with Gasteiger partial charge in [-0.05, 0) is 36.8 Å². The van der Waals surface area contributed by atoms with Gasteiger partial charge in [-0.25, -0.2) is 14.8 Å². The predicted molar refractivity (Wildman–Crippen MR) is 97.5 cm³/mol. The molecule has 0 amide bonds. The molecule has 0 aliphatic heterocycles. The molecule has 134 valence electrons. The Morgan fingerprint density at radius 2 is 1.92 bits per heavy atom. The Labute approximate surface area is 155 Å². The van der Waals surface area contributed by atoms with Crippen LogP contribution in [-0.2, 0) is 4.79 Å². The predicted octanol–water partition coefficient (Wildman–Crippen LogP) is 4.32. The fourth-order valence-corrected chi connectivity index (χ4v) is 2.68. The van der Waals surface area contributed by atoms with Crippen molar-refractivity contribution in [3.63, 3.8) is 0 Å². The van der Waals surface area contributed by atoms with Gasteiger partial charge in [0.1, 0.15) is 5.75 Å². The number of hydrogen-bond acceptors (Lipinski definition) is 5. The van der Waals surface area contributed by atoms with Crippen LogP contribution in [0.5, 0.6) is 11.6 Å². The van der Waals surface area contributed by atoms with Crippen LogP contribution in [0.3, 0.4) is 0 Å². The van der Waals surface area contributed by atoms with Crippen molar-refractivity contribution >= 4 is 28.6 Å². The van der Waals surface area contributed by atoms with Gasteiger partial charge in [0.25, 0.3) is 0 Å². The lowest BCUT2D eigenvalue weighted by Crippen LogP contribution is -2.50. The van der Waals surface area contributed by atoms with Gasteiger partial charge in [-0.3, -0.25) is 0 Å². The van der Waals surface area contributed by atoms with Gasteiger partial charge in [-0.15, -0.1) is 0 Å². The Kier molecular flexibility index (Phi) is 5.23. The summed E-state index contributed by atoms with van der Waals surface area (Å²) in [6.45, 7) is 1.85. The molecule has 26 heavy (non-hydrogen) atoms. The minimum Gasteiger partial charge on any atom is -0.475 e. The Morgan fingerprint density at radius 1 is 1.15 bits per heavy atom. The third-order valence-electron chi connectivity index (χ3n) is 3.68. The third-order valence-corrected chi connectivity index (χ3v) is 3.92. The number of nitrogens with zero attached hydrogens (tertiary/aromatic N) is 2. The van der Waals surface area contributed by atoms with Crippen molar-refractivity contribution in [2.24, 2.45) is 0 Å². The van der Waals surface area contributed by atoms with Gasteiger partial charge in [0.15, 0.2) is 0 Å². The number of aliphatic carboxylic acids is 1. The first-order valence-corrected chi connectivity index (χ1v) is 8.49. The molecule has 2 aromatic carbocycles. The minimum absolute atomic E-state index is 0.0477. The lowest BCUT2D eigenvalue weighted by Gasteiger charge is -2.29. The zero-order chi connectivity index (χ0) is 18.6. The minimum atomic E-state index is -1.91. The van der Waals surface area contributed by atoms with Crippen molar-refractivity contribution in [1.82, 2.24) is 9.97 Å². The van der Waals surface area contributed by atoms with Crippen LogP contribution in [0.2, 0.25) is 5.02 Å². The number of carbonyl (C=O) groups is 1. The first kappa shape index (κ1) is 17.9. The van der Waals surface area contributed by atoms with E-state index < -0.39 is 11.8 Å². The van der Waals surface area contributed by atoms with E-state index in [1.54, 1.807) is 42.5 Å². The van der Waals surface area contributed by atoms with Crippen LogP contribution in [-0.4, -0.2) is 26.8 Å². The molecule has 1 atom stereocenters. The van der Waals surface area contributed by atoms with Gasteiger partial charge in [0.2, 0.25) is 5.88 Å². The molecular weight excluding hydrogens is 356 g/mol. The van der Waals surface area contributed by atoms with E-state index in [9.17, 15) is 9.90 Å². The van der Waals surface area contributed by atoms with Crippen LogP contribution < -0.4 is 9.47 Å². The van der Waals surface area contributed by atoms with E-state index in [1.807, 2.05) is 13.0 Å². The van der Waals surface area contributed by atoms with Gasteiger partial charge in [-0.2, -0.15) is 0 Å². The van der Waals surface area contributed by atoms with E-state index in [2.05, 4.69) is 9.97 Å². The lowest BCUT2D eigenvalue weighted by molar-refractivity contribution is -0.188. The number of carboxylic acids is 1. The van der Waals surface area contributed by atoms with Gasteiger partial charge >= 0.3 is 11.8 Å². The van der Waals surface area contributed by atoms with E-state index in [1.165, 1.54) is 6.20 Å². The Morgan fingerprint density at radius 3 is 2.62 bits per heavy atom. The second-order valence-corrected chi connectivity index (χ2v) is 6.10. The van der Waals surface area contributed by atoms with Crippen molar-refractivity contribution in [3.8, 4) is 11.6 Å². The first-order chi connectivity index (χ1) is 12.5. The zero-order valence-corrected chi connectivity index (χ0v) is 14.8. The molecule has 0 spiro atoms. The fourth-order valence-electron chi connectivity index (χ4n) is 2.51. The highest BCUT2D eigenvalue weighted by Crippen LogP contribution is 2.27. The van der Waals surface area contributed by atoms with Crippen molar-refractivity contribution < 1.29 is 19.4 Å². The van der Waals surface area contributed by atoms with Crippen LogP contribution >= 0.6 is 11.6 Å². The number of carboxylic acid groups (broad SMARTS) is 1. The van der Waals surface area contributed by atoms with Crippen molar-refractivity contribution in [3.05, 3.63) is 59.8 Å². The number of para-hydroxylation sites is 1. The molecule has 7 heteroatoms. The topological polar surface area (TPSA) is 81.5 Å². The highest BCUT2D eigenvalue weighted by molar-refractivity contribution is 6.31. The molecule has 3 rings (SSSR count). The Balaban J connectivity index is 1.98. The molecule has 1 heterocycles. The summed E-state index contributed by atoms with van der Waals surface area (Å²) in [5.41, 5.74) is 1.13. The number of halogens is 1. The summed E-state index contributed by atoms with van der Waals surface area (Å²) in [5.74, 6) is -2.71. The molecule has 0 radical (unpaired) electrons. The number of rotatable bonds is 7. The number of ether oxygens (including phenoxy) is 2. The third kappa shape index (κ3) is 3.86. The maximum absolute atomic E-state index is 12.0. The smallest absolute Gasteiger partial charge is 0.390 e. The monoisotopic (exact) mass is 372 g/mol. The van der Waals surface area contributed by atoms with Crippen molar-refractivity contribution in [2.45, 2.75) is 25.6 Å². The van der Waals surface area contributed by atoms with Gasteiger partial charge < -0.3 is 14.6 Å².